The third-order valence-corrected chi connectivity index (χ3v) is 3.81. The summed E-state index contributed by atoms with van der Waals surface area (Å²) in [5, 5.41) is 9.07. The van der Waals surface area contributed by atoms with E-state index in [2.05, 4.69) is 25.1 Å². The zero-order chi connectivity index (χ0) is 11.4. The van der Waals surface area contributed by atoms with E-state index in [9.17, 15) is 0 Å². The Balaban J connectivity index is 2.21. The Hall–Kier alpha value is -0.820. The van der Waals surface area contributed by atoms with E-state index in [0.717, 1.165) is 12.8 Å². The Bertz CT molecular complexity index is 343. The maximum atomic E-state index is 9.07. The first-order valence-electron chi connectivity index (χ1n) is 6.57. The number of hydrogen-bond acceptors (Lipinski definition) is 1. The number of aliphatic hydroxyl groups is 1. The topological polar surface area (TPSA) is 20.2 Å². The van der Waals surface area contributed by atoms with Crippen LogP contribution in [-0.2, 0) is 12.8 Å². The molecule has 0 spiro atoms. The molecule has 1 aliphatic carbocycles. The van der Waals surface area contributed by atoms with Gasteiger partial charge in [-0.1, -0.05) is 25.1 Å². The number of fused-ring (bicyclic) bond motifs is 1. The van der Waals surface area contributed by atoms with E-state index in [1.54, 1.807) is 11.1 Å². The molecule has 1 heteroatoms. The van der Waals surface area contributed by atoms with Gasteiger partial charge in [0.1, 0.15) is 0 Å². The number of benzene rings is 1. The average Bonchev–Trinajstić information content (AvgIpc) is 2.35. The maximum absolute atomic E-state index is 9.07. The van der Waals surface area contributed by atoms with Crippen molar-refractivity contribution < 1.29 is 5.11 Å². The predicted octanol–water partition coefficient (Wildman–Crippen LogP) is 3.44. The fourth-order valence-corrected chi connectivity index (χ4v) is 2.77. The lowest BCUT2D eigenvalue weighted by Gasteiger charge is -2.20. The monoisotopic (exact) mass is 218 g/mol. The van der Waals surface area contributed by atoms with Crippen LogP contribution in [0.5, 0.6) is 0 Å². The number of aliphatic hydroxyl groups excluding tert-OH is 1. The third kappa shape index (κ3) is 2.46. The minimum atomic E-state index is 0.301. The van der Waals surface area contributed by atoms with Gasteiger partial charge in [-0.15, -0.1) is 0 Å². The molecule has 1 aliphatic rings. The smallest absolute Gasteiger partial charge is 0.0436 e. The summed E-state index contributed by atoms with van der Waals surface area (Å²) in [5.74, 6) is 0.539. The van der Waals surface area contributed by atoms with Crippen LogP contribution in [-0.4, -0.2) is 11.7 Å². The molecule has 0 bridgehead atoms. The lowest BCUT2D eigenvalue weighted by Crippen LogP contribution is -2.06. The first-order valence-corrected chi connectivity index (χ1v) is 6.57. The van der Waals surface area contributed by atoms with Crippen molar-refractivity contribution in [3.8, 4) is 0 Å². The fraction of sp³-hybridized carbons (Fsp3) is 0.600. The molecule has 0 fully saturated rings. The van der Waals surface area contributed by atoms with Crippen LogP contribution in [0.25, 0.3) is 0 Å². The number of hydrogen-bond donors (Lipinski definition) is 1. The van der Waals surface area contributed by atoms with Gasteiger partial charge < -0.3 is 5.11 Å². The summed E-state index contributed by atoms with van der Waals surface area (Å²) in [6.07, 6.45) is 7.22. The molecule has 1 unspecified atom stereocenters. The maximum Gasteiger partial charge on any atom is 0.0436 e. The van der Waals surface area contributed by atoms with Crippen LogP contribution < -0.4 is 0 Å². The minimum Gasteiger partial charge on any atom is -0.396 e. The zero-order valence-electron chi connectivity index (χ0n) is 10.2. The summed E-state index contributed by atoms with van der Waals surface area (Å²) in [6, 6.07) is 6.97. The second-order valence-corrected chi connectivity index (χ2v) is 4.85. The number of rotatable bonds is 4. The van der Waals surface area contributed by atoms with Crippen LogP contribution in [0.15, 0.2) is 18.2 Å². The van der Waals surface area contributed by atoms with E-state index in [0.29, 0.717) is 12.5 Å². The van der Waals surface area contributed by atoms with E-state index >= 15 is 0 Å². The molecule has 1 N–H and O–H groups in total. The molecule has 16 heavy (non-hydrogen) atoms. The van der Waals surface area contributed by atoms with E-state index in [1.165, 1.54) is 31.2 Å². The molecule has 1 atom stereocenters. The second kappa shape index (κ2) is 5.49. The zero-order valence-corrected chi connectivity index (χ0v) is 10.2. The molecular formula is C15H22O. The first-order chi connectivity index (χ1) is 7.85. The molecule has 0 aromatic heterocycles. The second-order valence-electron chi connectivity index (χ2n) is 4.85. The van der Waals surface area contributed by atoms with Crippen LogP contribution in [0.2, 0.25) is 0 Å². The van der Waals surface area contributed by atoms with Crippen molar-refractivity contribution in [3.05, 3.63) is 34.9 Å². The standard InChI is InChI=1S/C15H22O/c1-2-12(9-10-16)15-8-7-13-5-3-4-6-14(13)11-15/h7-8,11-12,16H,2-6,9-10H2,1H3. The highest BCUT2D eigenvalue weighted by atomic mass is 16.3. The van der Waals surface area contributed by atoms with E-state index in [-0.39, 0.29) is 0 Å². The number of aryl methyl sites for hydroxylation is 2. The Labute approximate surface area is 98.5 Å². The van der Waals surface area contributed by atoms with Gasteiger partial charge in [0.25, 0.3) is 0 Å². The van der Waals surface area contributed by atoms with Gasteiger partial charge in [-0.05, 0) is 61.1 Å². The lowest BCUT2D eigenvalue weighted by molar-refractivity contribution is 0.274. The molecule has 0 radical (unpaired) electrons. The SMILES string of the molecule is CCC(CCO)c1ccc2c(c1)CCCC2. The normalized spacial score (nSPS) is 16.9. The summed E-state index contributed by atoms with van der Waals surface area (Å²) < 4.78 is 0. The minimum absolute atomic E-state index is 0.301. The molecule has 0 saturated heterocycles. The Morgan fingerprint density at radius 3 is 2.62 bits per heavy atom. The van der Waals surface area contributed by atoms with Crippen LogP contribution in [0, 0.1) is 0 Å². The molecule has 0 aliphatic heterocycles. The Morgan fingerprint density at radius 1 is 1.19 bits per heavy atom. The van der Waals surface area contributed by atoms with Crippen LogP contribution in [0.3, 0.4) is 0 Å². The average molecular weight is 218 g/mol. The molecule has 0 amide bonds. The van der Waals surface area contributed by atoms with Crippen LogP contribution >= 0.6 is 0 Å². The quantitative estimate of drug-likeness (QED) is 0.820. The summed E-state index contributed by atoms with van der Waals surface area (Å²) in [4.78, 5) is 0. The molecule has 1 nitrogen and oxygen atoms in total. The largest absolute Gasteiger partial charge is 0.396 e. The summed E-state index contributed by atoms with van der Waals surface area (Å²) in [5.41, 5.74) is 4.53. The Morgan fingerprint density at radius 2 is 1.94 bits per heavy atom. The Kier molecular flexibility index (Phi) is 4.00. The highest BCUT2D eigenvalue weighted by Crippen LogP contribution is 2.28. The van der Waals surface area contributed by atoms with Gasteiger partial charge in [0.2, 0.25) is 0 Å². The van der Waals surface area contributed by atoms with Gasteiger partial charge in [-0.25, -0.2) is 0 Å². The van der Waals surface area contributed by atoms with Gasteiger partial charge in [0.05, 0.1) is 0 Å². The van der Waals surface area contributed by atoms with Crippen molar-refractivity contribution in [3.63, 3.8) is 0 Å². The molecule has 1 aromatic rings. The van der Waals surface area contributed by atoms with E-state index < -0.39 is 0 Å². The van der Waals surface area contributed by atoms with Crippen molar-refractivity contribution in [1.82, 2.24) is 0 Å². The van der Waals surface area contributed by atoms with E-state index in [4.69, 9.17) is 5.11 Å². The molecule has 88 valence electrons. The van der Waals surface area contributed by atoms with Crippen LogP contribution in [0.1, 0.15) is 55.2 Å². The van der Waals surface area contributed by atoms with Gasteiger partial charge in [0, 0.05) is 6.61 Å². The van der Waals surface area contributed by atoms with E-state index in [1.807, 2.05) is 0 Å². The third-order valence-electron chi connectivity index (χ3n) is 3.81. The van der Waals surface area contributed by atoms with Crippen molar-refractivity contribution in [2.24, 2.45) is 0 Å². The van der Waals surface area contributed by atoms with Gasteiger partial charge >= 0.3 is 0 Å². The molecule has 2 rings (SSSR count). The lowest BCUT2D eigenvalue weighted by atomic mass is 9.86. The molecular weight excluding hydrogens is 196 g/mol. The summed E-state index contributed by atoms with van der Waals surface area (Å²) >= 11 is 0. The highest BCUT2D eigenvalue weighted by Gasteiger charge is 2.13. The van der Waals surface area contributed by atoms with Gasteiger partial charge in [0.15, 0.2) is 0 Å². The highest BCUT2D eigenvalue weighted by molar-refractivity contribution is 5.35. The predicted molar refractivity (Wildman–Crippen MR) is 67.8 cm³/mol. The fourth-order valence-electron chi connectivity index (χ4n) is 2.77. The summed E-state index contributed by atoms with van der Waals surface area (Å²) in [7, 11) is 0. The molecule has 0 heterocycles. The molecule has 0 saturated carbocycles. The van der Waals surface area contributed by atoms with Crippen molar-refractivity contribution in [2.75, 3.05) is 6.61 Å². The van der Waals surface area contributed by atoms with Gasteiger partial charge in [-0.3, -0.25) is 0 Å². The summed E-state index contributed by atoms with van der Waals surface area (Å²) in [6.45, 7) is 2.51. The molecule has 1 aromatic carbocycles. The first kappa shape index (κ1) is 11.7. The van der Waals surface area contributed by atoms with Crippen molar-refractivity contribution in [1.29, 1.82) is 0 Å². The van der Waals surface area contributed by atoms with Crippen LogP contribution in [0.4, 0.5) is 0 Å². The van der Waals surface area contributed by atoms with Gasteiger partial charge in [-0.2, -0.15) is 0 Å². The van der Waals surface area contributed by atoms with Crippen molar-refractivity contribution >= 4 is 0 Å². The van der Waals surface area contributed by atoms with Crippen molar-refractivity contribution in [2.45, 2.75) is 51.4 Å².